The number of hydrogen-bond acceptors (Lipinski definition) is 6. The van der Waals surface area contributed by atoms with Crippen molar-refractivity contribution < 1.29 is 8.42 Å². The van der Waals surface area contributed by atoms with Gasteiger partial charge >= 0.3 is 0 Å². The van der Waals surface area contributed by atoms with Crippen LogP contribution in [-0.4, -0.2) is 36.4 Å². The van der Waals surface area contributed by atoms with Crippen LogP contribution >= 0.6 is 0 Å². The van der Waals surface area contributed by atoms with Crippen LogP contribution in [0.25, 0.3) is 10.9 Å². The summed E-state index contributed by atoms with van der Waals surface area (Å²) in [5.41, 5.74) is 7.04. The standard InChI is InChI=1S/C12H16N4O3S/c1-2-20(18,19)4-3-14-11-6-10-8(5-9(11)13)12(17)16-7-15-10/h5-7,14H,2-4,13H2,1H3,(H,15,16,17). The van der Waals surface area contributed by atoms with Crippen LogP contribution in [-0.2, 0) is 9.84 Å². The number of nitrogens with zero attached hydrogens (tertiary/aromatic N) is 1. The number of aromatic nitrogens is 2. The Morgan fingerprint density at radius 1 is 1.40 bits per heavy atom. The topological polar surface area (TPSA) is 118 Å². The summed E-state index contributed by atoms with van der Waals surface area (Å²) >= 11 is 0. The van der Waals surface area contributed by atoms with E-state index in [-0.39, 0.29) is 23.6 Å². The Hall–Kier alpha value is -2.09. The Balaban J connectivity index is 2.23. The highest BCUT2D eigenvalue weighted by Gasteiger charge is 2.09. The van der Waals surface area contributed by atoms with Crippen LogP contribution in [0.1, 0.15) is 6.92 Å². The van der Waals surface area contributed by atoms with Crippen molar-refractivity contribution in [3.8, 4) is 0 Å². The van der Waals surface area contributed by atoms with Crippen molar-refractivity contribution in [3.63, 3.8) is 0 Å². The lowest BCUT2D eigenvalue weighted by atomic mass is 10.2. The number of H-pyrrole nitrogens is 1. The number of sulfone groups is 1. The molecule has 0 unspecified atom stereocenters. The average molecular weight is 296 g/mol. The van der Waals surface area contributed by atoms with Crippen LogP contribution in [0.5, 0.6) is 0 Å². The second-order valence-corrected chi connectivity index (χ2v) is 6.82. The van der Waals surface area contributed by atoms with Crippen LogP contribution in [0, 0.1) is 0 Å². The van der Waals surface area contributed by atoms with Crippen molar-refractivity contribution >= 4 is 32.1 Å². The minimum atomic E-state index is -3.03. The molecule has 20 heavy (non-hydrogen) atoms. The van der Waals surface area contributed by atoms with Gasteiger partial charge in [-0.2, -0.15) is 0 Å². The van der Waals surface area contributed by atoms with Crippen LogP contribution in [0.2, 0.25) is 0 Å². The van der Waals surface area contributed by atoms with Gasteiger partial charge in [0.15, 0.2) is 9.84 Å². The Morgan fingerprint density at radius 2 is 2.15 bits per heavy atom. The summed E-state index contributed by atoms with van der Waals surface area (Å²) in [6.45, 7) is 1.87. The number of rotatable bonds is 5. The third-order valence-corrected chi connectivity index (χ3v) is 4.69. The number of nitrogens with one attached hydrogen (secondary N) is 2. The molecule has 1 heterocycles. The number of hydrogen-bond donors (Lipinski definition) is 3. The summed E-state index contributed by atoms with van der Waals surface area (Å²) in [6.07, 6.45) is 1.31. The van der Waals surface area contributed by atoms with Crippen molar-refractivity contribution in [2.24, 2.45) is 0 Å². The second kappa shape index (κ2) is 5.49. The lowest BCUT2D eigenvalue weighted by Gasteiger charge is -2.10. The zero-order valence-electron chi connectivity index (χ0n) is 11.0. The zero-order chi connectivity index (χ0) is 14.8. The fraction of sp³-hybridized carbons (Fsp3) is 0.333. The van der Waals surface area contributed by atoms with E-state index in [4.69, 9.17) is 5.73 Å². The lowest BCUT2D eigenvalue weighted by Crippen LogP contribution is -2.18. The SMILES string of the molecule is CCS(=O)(=O)CCNc1cc2nc[nH]c(=O)c2cc1N. The van der Waals surface area contributed by atoms with Crippen molar-refractivity contribution in [1.29, 1.82) is 0 Å². The predicted octanol–water partition coefficient (Wildman–Crippen LogP) is 0.352. The molecule has 0 saturated carbocycles. The molecule has 108 valence electrons. The Bertz CT molecular complexity index is 783. The summed E-state index contributed by atoms with van der Waals surface area (Å²) in [4.78, 5) is 18.1. The first-order valence-electron chi connectivity index (χ1n) is 6.14. The van der Waals surface area contributed by atoms with E-state index in [9.17, 15) is 13.2 Å². The summed E-state index contributed by atoms with van der Waals surface area (Å²) in [5, 5.41) is 3.36. The van der Waals surface area contributed by atoms with E-state index in [1.807, 2.05) is 0 Å². The van der Waals surface area contributed by atoms with Crippen LogP contribution in [0.15, 0.2) is 23.3 Å². The smallest absolute Gasteiger partial charge is 0.258 e. The number of nitrogen functional groups attached to an aromatic ring is 1. The van der Waals surface area contributed by atoms with Gasteiger partial charge in [0.2, 0.25) is 0 Å². The first-order chi connectivity index (χ1) is 9.43. The van der Waals surface area contributed by atoms with Crippen molar-refractivity contribution in [3.05, 3.63) is 28.8 Å². The molecule has 4 N–H and O–H groups in total. The quantitative estimate of drug-likeness (QED) is 0.685. The van der Waals surface area contributed by atoms with Gasteiger partial charge in [0.05, 0.1) is 34.4 Å². The zero-order valence-corrected chi connectivity index (χ0v) is 11.8. The number of benzene rings is 1. The number of anilines is 2. The fourth-order valence-electron chi connectivity index (χ4n) is 1.77. The third-order valence-electron chi connectivity index (χ3n) is 2.98. The second-order valence-electron chi connectivity index (χ2n) is 4.35. The molecule has 0 bridgehead atoms. The first kappa shape index (κ1) is 14.3. The molecule has 2 aromatic rings. The summed E-state index contributed by atoms with van der Waals surface area (Å²) in [6, 6.07) is 3.16. The molecule has 0 atom stereocenters. The molecule has 0 aliphatic rings. The lowest BCUT2D eigenvalue weighted by molar-refractivity contribution is 0.597. The fourth-order valence-corrected chi connectivity index (χ4v) is 2.47. The maximum atomic E-state index is 11.6. The molecule has 0 radical (unpaired) electrons. The summed E-state index contributed by atoms with van der Waals surface area (Å²) in [5.74, 6) is 0.141. The van der Waals surface area contributed by atoms with Gasteiger partial charge in [-0.05, 0) is 12.1 Å². The van der Waals surface area contributed by atoms with Gasteiger partial charge in [-0.3, -0.25) is 4.79 Å². The van der Waals surface area contributed by atoms with Gasteiger partial charge in [0.1, 0.15) is 0 Å². The molecule has 0 aliphatic carbocycles. The molecule has 8 heteroatoms. The van der Waals surface area contributed by atoms with Crippen LogP contribution in [0.4, 0.5) is 11.4 Å². The molecule has 0 spiro atoms. The largest absolute Gasteiger partial charge is 0.397 e. The van der Waals surface area contributed by atoms with Gasteiger partial charge < -0.3 is 16.0 Å². The summed E-state index contributed by atoms with van der Waals surface area (Å²) < 4.78 is 22.8. The molecule has 2 rings (SSSR count). The van der Waals surface area contributed by atoms with Crippen molar-refractivity contribution in [2.75, 3.05) is 29.1 Å². The Kier molecular flexibility index (Phi) is 3.93. The minimum Gasteiger partial charge on any atom is -0.397 e. The van der Waals surface area contributed by atoms with E-state index in [0.29, 0.717) is 22.3 Å². The molecule has 7 nitrogen and oxygen atoms in total. The van der Waals surface area contributed by atoms with Gasteiger partial charge in [-0.25, -0.2) is 13.4 Å². The molecule has 0 fully saturated rings. The van der Waals surface area contributed by atoms with Crippen molar-refractivity contribution in [1.82, 2.24) is 9.97 Å². The summed E-state index contributed by atoms with van der Waals surface area (Å²) in [7, 11) is -3.03. The maximum Gasteiger partial charge on any atom is 0.258 e. The highest BCUT2D eigenvalue weighted by molar-refractivity contribution is 7.91. The predicted molar refractivity (Wildman–Crippen MR) is 79.6 cm³/mol. The Labute approximate surface area is 116 Å². The minimum absolute atomic E-state index is 0.0315. The van der Waals surface area contributed by atoms with E-state index in [1.165, 1.54) is 12.4 Å². The van der Waals surface area contributed by atoms with E-state index >= 15 is 0 Å². The van der Waals surface area contributed by atoms with Crippen LogP contribution < -0.4 is 16.6 Å². The van der Waals surface area contributed by atoms with Gasteiger partial charge in [0.25, 0.3) is 5.56 Å². The first-order valence-corrected chi connectivity index (χ1v) is 7.96. The van der Waals surface area contributed by atoms with Gasteiger partial charge in [0, 0.05) is 12.3 Å². The molecule has 1 aromatic carbocycles. The number of fused-ring (bicyclic) bond motifs is 1. The van der Waals surface area contributed by atoms with E-state index in [0.717, 1.165) is 0 Å². The Morgan fingerprint density at radius 3 is 2.85 bits per heavy atom. The monoisotopic (exact) mass is 296 g/mol. The molecule has 0 amide bonds. The van der Waals surface area contributed by atoms with Gasteiger partial charge in [-0.1, -0.05) is 6.92 Å². The van der Waals surface area contributed by atoms with E-state index in [2.05, 4.69) is 15.3 Å². The molecule has 1 aromatic heterocycles. The molecular weight excluding hydrogens is 280 g/mol. The highest BCUT2D eigenvalue weighted by Crippen LogP contribution is 2.22. The normalized spacial score (nSPS) is 11.7. The maximum absolute atomic E-state index is 11.6. The molecular formula is C12H16N4O3S. The van der Waals surface area contributed by atoms with Crippen molar-refractivity contribution in [2.45, 2.75) is 6.92 Å². The highest BCUT2D eigenvalue weighted by atomic mass is 32.2. The number of nitrogens with two attached hydrogens (primary N) is 1. The molecule has 0 aliphatic heterocycles. The van der Waals surface area contributed by atoms with E-state index in [1.54, 1.807) is 13.0 Å². The van der Waals surface area contributed by atoms with Crippen LogP contribution in [0.3, 0.4) is 0 Å². The van der Waals surface area contributed by atoms with Gasteiger partial charge in [-0.15, -0.1) is 0 Å². The van der Waals surface area contributed by atoms with E-state index < -0.39 is 9.84 Å². The third kappa shape index (κ3) is 3.08. The number of aromatic amines is 1. The average Bonchev–Trinajstić information content (AvgIpc) is 2.40. The molecule has 0 saturated heterocycles.